The van der Waals surface area contributed by atoms with Gasteiger partial charge >= 0.3 is 0 Å². The quantitative estimate of drug-likeness (QED) is 0.331. The standard InChI is InChI=1S/C33H50N2O.C2H5N/c1-12-14-21(4)34-19-27-18-29(35(10)11)28-17-26(13-2)31(32(36)30(28)23(27)6)25(8)33(9)16-15-20(3)22(5)24(33)7;1-2-3/h18,21,26,34H,7,12-17,19H2,1-6,8-11H3;2H,1,3H2/b31-25+;/t21?,26?,33-;/m0./s1. The van der Waals surface area contributed by atoms with E-state index < -0.39 is 0 Å². The number of rotatable bonds is 8. The summed E-state index contributed by atoms with van der Waals surface area (Å²) >= 11 is 0. The van der Waals surface area contributed by atoms with E-state index in [1.165, 1.54) is 51.7 Å². The molecule has 2 aliphatic carbocycles. The van der Waals surface area contributed by atoms with Crippen LogP contribution in [0.4, 0.5) is 5.69 Å². The minimum Gasteiger partial charge on any atom is -0.405 e. The van der Waals surface area contributed by atoms with Crippen molar-refractivity contribution in [2.75, 3.05) is 19.0 Å². The second kappa shape index (κ2) is 13.7. The number of nitrogens with zero attached hydrogens (tertiary/aromatic N) is 1. The van der Waals surface area contributed by atoms with Crippen molar-refractivity contribution < 1.29 is 4.79 Å². The molecule has 0 heterocycles. The van der Waals surface area contributed by atoms with E-state index in [9.17, 15) is 4.79 Å². The highest BCUT2D eigenvalue weighted by Gasteiger charge is 2.41. The van der Waals surface area contributed by atoms with Crippen LogP contribution in [0.25, 0.3) is 0 Å². The maximum absolute atomic E-state index is 14.5. The molecular formula is C35H55N3O. The van der Waals surface area contributed by atoms with Gasteiger partial charge in [0.1, 0.15) is 0 Å². The molecule has 0 aromatic heterocycles. The molecule has 39 heavy (non-hydrogen) atoms. The third kappa shape index (κ3) is 6.60. The molecule has 3 atom stereocenters. The van der Waals surface area contributed by atoms with E-state index in [1.807, 2.05) is 0 Å². The van der Waals surface area contributed by atoms with Gasteiger partial charge in [0.15, 0.2) is 5.78 Å². The molecule has 4 nitrogen and oxygen atoms in total. The second-order valence-corrected chi connectivity index (χ2v) is 12.1. The van der Waals surface area contributed by atoms with E-state index in [-0.39, 0.29) is 17.1 Å². The molecule has 2 unspecified atom stereocenters. The van der Waals surface area contributed by atoms with Crippen LogP contribution in [-0.2, 0) is 13.0 Å². The molecule has 3 N–H and O–H groups in total. The Labute approximate surface area is 239 Å². The van der Waals surface area contributed by atoms with E-state index in [2.05, 4.69) is 105 Å². The molecule has 2 aliphatic rings. The fraction of sp³-hybridized carbons (Fsp3) is 0.571. The number of Topliss-reactive ketones (excluding diaryl/α,β-unsaturated/α-hetero) is 1. The molecule has 0 radical (unpaired) electrons. The number of hydrogen-bond donors (Lipinski definition) is 2. The molecule has 0 aliphatic heterocycles. The van der Waals surface area contributed by atoms with Gasteiger partial charge in [-0.3, -0.25) is 4.79 Å². The van der Waals surface area contributed by atoms with Gasteiger partial charge in [0, 0.05) is 48.9 Å². The minimum absolute atomic E-state index is 0.160. The third-order valence-corrected chi connectivity index (χ3v) is 9.44. The van der Waals surface area contributed by atoms with Crippen LogP contribution in [0.3, 0.4) is 0 Å². The SMILES string of the molecule is C=C1C(C)=C(C)CC[C@]1(C)/C(C)=C1/C(=O)c2c(C)c(CNC(C)CCC)cc(N(C)C)c2CC1CC.C=CN. The lowest BCUT2D eigenvalue weighted by molar-refractivity contribution is 0.100. The van der Waals surface area contributed by atoms with Crippen molar-refractivity contribution in [3.63, 3.8) is 0 Å². The number of nitrogens with two attached hydrogens (primary N) is 1. The van der Waals surface area contributed by atoms with Gasteiger partial charge in [-0.2, -0.15) is 0 Å². The molecule has 1 aromatic rings. The first-order valence-corrected chi connectivity index (χ1v) is 14.8. The fourth-order valence-electron chi connectivity index (χ4n) is 6.44. The summed E-state index contributed by atoms with van der Waals surface area (Å²) < 4.78 is 0. The summed E-state index contributed by atoms with van der Waals surface area (Å²) in [5.41, 5.74) is 16.5. The topological polar surface area (TPSA) is 58.4 Å². The molecule has 3 rings (SSSR count). The average Bonchev–Trinajstić information content (AvgIpc) is 2.89. The molecule has 0 fully saturated rings. The molecular weight excluding hydrogens is 478 g/mol. The summed E-state index contributed by atoms with van der Waals surface area (Å²) in [4.78, 5) is 16.7. The second-order valence-electron chi connectivity index (χ2n) is 12.1. The lowest BCUT2D eigenvalue weighted by atomic mass is 9.62. The number of allylic oxidation sites excluding steroid dienone is 5. The summed E-state index contributed by atoms with van der Waals surface area (Å²) in [6.45, 7) is 26.3. The smallest absolute Gasteiger partial charge is 0.189 e. The number of benzene rings is 1. The van der Waals surface area contributed by atoms with Crippen LogP contribution in [-0.4, -0.2) is 25.9 Å². The van der Waals surface area contributed by atoms with Crippen LogP contribution in [0.2, 0.25) is 0 Å². The van der Waals surface area contributed by atoms with Gasteiger partial charge in [0.25, 0.3) is 0 Å². The number of anilines is 1. The van der Waals surface area contributed by atoms with Gasteiger partial charge in [-0.25, -0.2) is 0 Å². The van der Waals surface area contributed by atoms with Crippen LogP contribution in [0.5, 0.6) is 0 Å². The number of nitrogens with one attached hydrogen (secondary N) is 1. The molecule has 216 valence electrons. The van der Waals surface area contributed by atoms with E-state index in [1.54, 1.807) is 0 Å². The van der Waals surface area contributed by atoms with Crippen LogP contribution in [0, 0.1) is 18.3 Å². The predicted octanol–water partition coefficient (Wildman–Crippen LogP) is 8.20. The van der Waals surface area contributed by atoms with Gasteiger partial charge in [-0.05, 0) is 113 Å². The van der Waals surface area contributed by atoms with Gasteiger partial charge < -0.3 is 16.0 Å². The average molecular weight is 534 g/mol. The Morgan fingerprint density at radius 3 is 2.44 bits per heavy atom. The molecule has 1 aromatic carbocycles. The van der Waals surface area contributed by atoms with E-state index >= 15 is 0 Å². The van der Waals surface area contributed by atoms with Crippen molar-refractivity contribution in [1.82, 2.24) is 5.32 Å². The summed E-state index contributed by atoms with van der Waals surface area (Å²) in [6, 6.07) is 2.78. The number of fused-ring (bicyclic) bond motifs is 1. The molecule has 0 bridgehead atoms. The largest absolute Gasteiger partial charge is 0.405 e. The van der Waals surface area contributed by atoms with Crippen LogP contribution >= 0.6 is 0 Å². The van der Waals surface area contributed by atoms with Gasteiger partial charge in [0.05, 0.1) is 0 Å². The van der Waals surface area contributed by atoms with Gasteiger partial charge in [-0.1, -0.05) is 51.5 Å². The molecule has 0 saturated heterocycles. The Morgan fingerprint density at radius 1 is 1.28 bits per heavy atom. The summed E-state index contributed by atoms with van der Waals surface area (Å²) in [6.07, 6.45) is 7.57. The summed E-state index contributed by atoms with van der Waals surface area (Å²) in [7, 11) is 4.21. The highest BCUT2D eigenvalue weighted by atomic mass is 16.1. The molecule has 0 amide bonds. The zero-order valence-corrected chi connectivity index (χ0v) is 26.6. The van der Waals surface area contributed by atoms with Crippen molar-refractivity contribution in [2.24, 2.45) is 17.1 Å². The van der Waals surface area contributed by atoms with Crippen molar-refractivity contribution in [3.05, 3.63) is 75.5 Å². The van der Waals surface area contributed by atoms with Crippen molar-refractivity contribution >= 4 is 11.5 Å². The molecule has 0 saturated carbocycles. The van der Waals surface area contributed by atoms with E-state index in [4.69, 9.17) is 0 Å². The first kappa shape index (κ1) is 32.6. The minimum atomic E-state index is -0.160. The number of hydrogen-bond acceptors (Lipinski definition) is 4. The molecule has 0 spiro atoms. The highest BCUT2D eigenvalue weighted by molar-refractivity contribution is 6.13. The normalized spacial score (nSPS) is 23.1. The molecule has 4 heteroatoms. The summed E-state index contributed by atoms with van der Waals surface area (Å²) in [5.74, 6) is 0.496. The Bertz CT molecular complexity index is 1150. The Hall–Kier alpha value is -2.59. The summed E-state index contributed by atoms with van der Waals surface area (Å²) in [5, 5.41) is 3.70. The van der Waals surface area contributed by atoms with Crippen molar-refractivity contribution in [1.29, 1.82) is 0 Å². The number of ketones is 1. The lowest BCUT2D eigenvalue weighted by Crippen LogP contribution is -2.33. The van der Waals surface area contributed by atoms with E-state index in [0.29, 0.717) is 6.04 Å². The Balaban J connectivity index is 0.00000170. The monoisotopic (exact) mass is 533 g/mol. The number of carbonyl (C=O) groups excluding carboxylic acids is 1. The van der Waals surface area contributed by atoms with E-state index in [0.717, 1.165) is 55.3 Å². The van der Waals surface area contributed by atoms with Crippen molar-refractivity contribution in [2.45, 2.75) is 107 Å². The van der Waals surface area contributed by atoms with Crippen molar-refractivity contribution in [3.8, 4) is 0 Å². The van der Waals surface area contributed by atoms with Crippen LogP contribution in [0.15, 0.2) is 53.3 Å². The fourth-order valence-corrected chi connectivity index (χ4v) is 6.44. The maximum Gasteiger partial charge on any atom is 0.189 e. The zero-order chi connectivity index (χ0) is 29.7. The van der Waals surface area contributed by atoms with Gasteiger partial charge in [0.2, 0.25) is 0 Å². The zero-order valence-electron chi connectivity index (χ0n) is 26.6. The Morgan fingerprint density at radius 2 is 1.90 bits per heavy atom. The Kier molecular flexibility index (Phi) is 11.4. The number of carbonyl (C=O) groups is 1. The first-order chi connectivity index (χ1) is 18.3. The lowest BCUT2D eigenvalue weighted by Gasteiger charge is -2.42. The van der Waals surface area contributed by atoms with Crippen LogP contribution < -0.4 is 16.0 Å². The van der Waals surface area contributed by atoms with Gasteiger partial charge in [-0.15, -0.1) is 0 Å². The highest BCUT2D eigenvalue weighted by Crippen LogP contribution is 2.51. The van der Waals surface area contributed by atoms with Crippen LogP contribution in [0.1, 0.15) is 108 Å². The predicted molar refractivity (Wildman–Crippen MR) is 170 cm³/mol. The maximum atomic E-state index is 14.5. The third-order valence-electron chi connectivity index (χ3n) is 9.44. The first-order valence-electron chi connectivity index (χ1n) is 14.8.